The van der Waals surface area contributed by atoms with E-state index >= 15 is 0 Å². The zero-order valence-corrected chi connectivity index (χ0v) is 14.8. The number of hydrogen-bond donors (Lipinski definition) is 2. The van der Waals surface area contributed by atoms with Crippen LogP contribution in [0.1, 0.15) is 32.1 Å². The standard InChI is InChI=1S/C19H20FN7/c20-19(6-2-1-3-7-19)12-23-18-22-11-14-13(10-21-17(14)26-18)15-5-9-27-16(25-15)4-8-24-27/h4-5,8-11H,1-3,6-7,12H2,(H2,21,22,23,26). The van der Waals surface area contributed by atoms with Crippen molar-refractivity contribution in [2.24, 2.45) is 0 Å². The van der Waals surface area contributed by atoms with Crippen molar-refractivity contribution in [2.75, 3.05) is 11.9 Å². The molecule has 138 valence electrons. The predicted octanol–water partition coefficient (Wildman–Crippen LogP) is 3.75. The van der Waals surface area contributed by atoms with Gasteiger partial charge in [-0.15, -0.1) is 0 Å². The minimum Gasteiger partial charge on any atom is -0.351 e. The summed E-state index contributed by atoms with van der Waals surface area (Å²) in [5.41, 5.74) is 2.08. The summed E-state index contributed by atoms with van der Waals surface area (Å²) in [5, 5.41) is 8.11. The number of anilines is 1. The SMILES string of the molecule is FC1(CNc2ncc3c(-c4ccn5nccc5n4)c[nH]c3n2)CCCCC1. The number of H-pyrrole nitrogens is 1. The number of aromatic amines is 1. The first-order chi connectivity index (χ1) is 13.2. The van der Waals surface area contributed by atoms with Crippen LogP contribution in [0.3, 0.4) is 0 Å². The highest BCUT2D eigenvalue weighted by atomic mass is 19.1. The predicted molar refractivity (Wildman–Crippen MR) is 101 cm³/mol. The molecular weight excluding hydrogens is 345 g/mol. The van der Waals surface area contributed by atoms with E-state index in [0.717, 1.165) is 41.6 Å². The molecule has 0 aliphatic heterocycles. The zero-order chi connectivity index (χ0) is 18.3. The second-order valence-electron chi connectivity index (χ2n) is 7.17. The van der Waals surface area contributed by atoms with Gasteiger partial charge in [-0.25, -0.2) is 18.9 Å². The normalized spacial score (nSPS) is 16.8. The molecule has 1 aliphatic carbocycles. The maximum Gasteiger partial charge on any atom is 0.224 e. The van der Waals surface area contributed by atoms with Gasteiger partial charge in [0.1, 0.15) is 11.3 Å². The average molecular weight is 365 g/mol. The van der Waals surface area contributed by atoms with Crippen LogP contribution in [0.4, 0.5) is 10.3 Å². The van der Waals surface area contributed by atoms with E-state index in [2.05, 4.69) is 30.4 Å². The molecule has 5 rings (SSSR count). The highest BCUT2D eigenvalue weighted by Gasteiger charge is 2.31. The lowest BCUT2D eigenvalue weighted by atomic mass is 9.86. The molecule has 4 aromatic heterocycles. The monoisotopic (exact) mass is 365 g/mol. The van der Waals surface area contributed by atoms with Crippen molar-refractivity contribution < 1.29 is 4.39 Å². The van der Waals surface area contributed by atoms with Crippen molar-refractivity contribution in [1.29, 1.82) is 0 Å². The summed E-state index contributed by atoms with van der Waals surface area (Å²) in [6.45, 7) is 0.255. The number of hydrogen-bond acceptors (Lipinski definition) is 5. The van der Waals surface area contributed by atoms with Crippen LogP contribution in [-0.4, -0.2) is 41.8 Å². The molecule has 0 atom stereocenters. The largest absolute Gasteiger partial charge is 0.351 e. The van der Waals surface area contributed by atoms with Crippen LogP contribution in [0.25, 0.3) is 27.9 Å². The highest BCUT2D eigenvalue weighted by molar-refractivity contribution is 5.92. The molecule has 1 aliphatic rings. The minimum atomic E-state index is -1.15. The topological polar surface area (TPSA) is 83.8 Å². The molecule has 27 heavy (non-hydrogen) atoms. The van der Waals surface area contributed by atoms with Crippen molar-refractivity contribution in [3.05, 3.63) is 36.9 Å². The third-order valence-electron chi connectivity index (χ3n) is 5.28. The van der Waals surface area contributed by atoms with Gasteiger partial charge in [-0.1, -0.05) is 19.3 Å². The Kier molecular flexibility index (Phi) is 3.77. The van der Waals surface area contributed by atoms with Crippen LogP contribution in [0.15, 0.2) is 36.9 Å². The molecular formula is C19H20FN7. The van der Waals surface area contributed by atoms with Gasteiger partial charge in [-0.2, -0.15) is 10.1 Å². The molecule has 1 fully saturated rings. The van der Waals surface area contributed by atoms with E-state index in [1.807, 2.05) is 24.5 Å². The lowest BCUT2D eigenvalue weighted by molar-refractivity contribution is 0.122. The van der Waals surface area contributed by atoms with Crippen molar-refractivity contribution in [1.82, 2.24) is 29.5 Å². The second kappa shape index (κ2) is 6.29. The minimum absolute atomic E-state index is 0.255. The average Bonchev–Trinajstić information content (AvgIpc) is 3.32. The maximum absolute atomic E-state index is 14.8. The molecule has 0 saturated heterocycles. The molecule has 0 spiro atoms. The number of alkyl halides is 1. The second-order valence-corrected chi connectivity index (χ2v) is 7.17. The summed E-state index contributed by atoms with van der Waals surface area (Å²) in [7, 11) is 0. The van der Waals surface area contributed by atoms with Crippen LogP contribution in [0.2, 0.25) is 0 Å². The van der Waals surface area contributed by atoms with Crippen LogP contribution in [0.5, 0.6) is 0 Å². The number of fused-ring (bicyclic) bond motifs is 2. The molecule has 0 bridgehead atoms. The fourth-order valence-corrected chi connectivity index (χ4v) is 3.77. The molecule has 8 heteroatoms. The number of halogens is 1. The first-order valence-electron chi connectivity index (χ1n) is 9.28. The molecule has 4 aromatic rings. The summed E-state index contributed by atoms with van der Waals surface area (Å²) in [5.74, 6) is 0.442. The summed E-state index contributed by atoms with van der Waals surface area (Å²) >= 11 is 0. The third-order valence-corrected chi connectivity index (χ3v) is 5.28. The Bertz CT molecular complexity index is 1090. The van der Waals surface area contributed by atoms with Crippen molar-refractivity contribution in [2.45, 2.75) is 37.8 Å². The van der Waals surface area contributed by atoms with Crippen LogP contribution in [0, 0.1) is 0 Å². The van der Waals surface area contributed by atoms with Gasteiger partial charge in [-0.3, -0.25) is 0 Å². The van der Waals surface area contributed by atoms with Crippen LogP contribution in [-0.2, 0) is 0 Å². The Labute approximate surface area is 155 Å². The van der Waals surface area contributed by atoms with Gasteiger partial charge < -0.3 is 10.3 Å². The molecule has 1 saturated carbocycles. The Morgan fingerprint density at radius 1 is 1.19 bits per heavy atom. The van der Waals surface area contributed by atoms with Crippen LogP contribution >= 0.6 is 0 Å². The Morgan fingerprint density at radius 2 is 2.07 bits per heavy atom. The van der Waals surface area contributed by atoms with Gasteiger partial charge in [0.05, 0.1) is 18.4 Å². The van der Waals surface area contributed by atoms with E-state index < -0.39 is 5.67 Å². The summed E-state index contributed by atoms with van der Waals surface area (Å²) in [6, 6.07) is 3.76. The van der Waals surface area contributed by atoms with Gasteiger partial charge in [0.15, 0.2) is 5.65 Å². The van der Waals surface area contributed by atoms with E-state index in [0.29, 0.717) is 24.4 Å². The van der Waals surface area contributed by atoms with Gasteiger partial charge in [-0.05, 0) is 18.9 Å². The molecule has 7 nitrogen and oxygen atoms in total. The zero-order valence-electron chi connectivity index (χ0n) is 14.8. The lowest BCUT2D eigenvalue weighted by Crippen LogP contribution is -2.34. The van der Waals surface area contributed by atoms with E-state index in [-0.39, 0.29) is 6.54 Å². The lowest BCUT2D eigenvalue weighted by Gasteiger charge is -2.29. The van der Waals surface area contributed by atoms with Crippen molar-refractivity contribution in [3.63, 3.8) is 0 Å². The van der Waals surface area contributed by atoms with E-state index in [1.54, 1.807) is 16.9 Å². The highest BCUT2D eigenvalue weighted by Crippen LogP contribution is 2.32. The van der Waals surface area contributed by atoms with E-state index in [9.17, 15) is 4.39 Å². The van der Waals surface area contributed by atoms with Crippen molar-refractivity contribution in [3.8, 4) is 11.3 Å². The first-order valence-corrected chi connectivity index (χ1v) is 9.28. The molecule has 0 aromatic carbocycles. The van der Waals surface area contributed by atoms with Gasteiger partial charge in [0, 0.05) is 35.6 Å². The molecule has 0 amide bonds. The molecule has 4 heterocycles. The molecule has 0 unspecified atom stereocenters. The maximum atomic E-state index is 14.8. The molecule has 0 radical (unpaired) electrons. The summed E-state index contributed by atoms with van der Waals surface area (Å²) in [6.07, 6.45) is 11.5. The fraction of sp³-hybridized carbons (Fsp3) is 0.368. The fourth-order valence-electron chi connectivity index (χ4n) is 3.77. The van der Waals surface area contributed by atoms with Gasteiger partial charge in [0.25, 0.3) is 0 Å². The smallest absolute Gasteiger partial charge is 0.224 e. The Balaban J connectivity index is 1.40. The third kappa shape index (κ3) is 3.01. The number of nitrogens with one attached hydrogen (secondary N) is 2. The van der Waals surface area contributed by atoms with Crippen LogP contribution < -0.4 is 5.32 Å². The number of nitrogens with zero attached hydrogens (tertiary/aromatic N) is 5. The number of rotatable bonds is 4. The van der Waals surface area contributed by atoms with E-state index in [1.165, 1.54) is 0 Å². The van der Waals surface area contributed by atoms with Gasteiger partial charge >= 0.3 is 0 Å². The number of aromatic nitrogens is 6. The summed E-state index contributed by atoms with van der Waals surface area (Å²) < 4.78 is 16.5. The quantitative estimate of drug-likeness (QED) is 0.575. The molecule has 2 N–H and O–H groups in total. The Hall–Kier alpha value is -3.03. The summed E-state index contributed by atoms with van der Waals surface area (Å²) in [4.78, 5) is 16.7. The Morgan fingerprint density at radius 3 is 2.96 bits per heavy atom. The van der Waals surface area contributed by atoms with E-state index in [4.69, 9.17) is 0 Å². The van der Waals surface area contributed by atoms with Crippen molar-refractivity contribution >= 4 is 22.6 Å². The van der Waals surface area contributed by atoms with Gasteiger partial charge in [0.2, 0.25) is 5.95 Å². The first kappa shape index (κ1) is 16.2.